The molecule has 10 heteroatoms. The lowest BCUT2D eigenvalue weighted by atomic mass is 10.1. The highest BCUT2D eigenvalue weighted by molar-refractivity contribution is 6.00. The Morgan fingerprint density at radius 1 is 0.957 bits per heavy atom. The largest absolute Gasteiger partial charge is 0.494 e. The molecule has 1 amide bonds. The van der Waals surface area contributed by atoms with Crippen LogP contribution in [0.25, 0.3) is 33.5 Å². The number of para-hydroxylation sites is 1. The Labute approximate surface area is 274 Å². The molecule has 47 heavy (non-hydrogen) atoms. The molecular weight excluding hydrogens is 588 g/mol. The molecule has 5 heterocycles. The first-order valence-corrected chi connectivity index (χ1v) is 17.2. The number of nitrogens with two attached hydrogens (primary N) is 1. The highest BCUT2D eigenvalue weighted by atomic mass is 16.5. The predicted octanol–water partition coefficient (Wildman–Crippen LogP) is 5.26. The maximum Gasteiger partial charge on any atom is 0.254 e. The number of ether oxygens (including phenoxy) is 1. The van der Waals surface area contributed by atoms with Crippen LogP contribution in [0.5, 0.6) is 5.75 Å². The van der Waals surface area contributed by atoms with Crippen molar-refractivity contribution >= 4 is 33.7 Å². The van der Waals surface area contributed by atoms with Crippen molar-refractivity contribution in [2.75, 3.05) is 31.6 Å². The number of rotatable bonds is 8. The van der Waals surface area contributed by atoms with Gasteiger partial charge in [-0.1, -0.05) is 18.2 Å². The van der Waals surface area contributed by atoms with Crippen LogP contribution in [0.2, 0.25) is 0 Å². The molecule has 2 aromatic carbocycles. The molecule has 2 bridgehead atoms. The predicted molar refractivity (Wildman–Crippen MR) is 183 cm³/mol. The van der Waals surface area contributed by atoms with Gasteiger partial charge in [-0.2, -0.15) is 0 Å². The number of anilines is 1. The Morgan fingerprint density at radius 2 is 1.81 bits per heavy atom. The van der Waals surface area contributed by atoms with E-state index in [-0.39, 0.29) is 18.0 Å². The van der Waals surface area contributed by atoms with Crippen molar-refractivity contribution in [1.82, 2.24) is 29.0 Å². The van der Waals surface area contributed by atoms with E-state index in [1.807, 2.05) is 36.2 Å². The van der Waals surface area contributed by atoms with Gasteiger partial charge in [0.15, 0.2) is 5.82 Å². The first kappa shape index (κ1) is 28.8. The summed E-state index contributed by atoms with van der Waals surface area (Å²) in [6, 6.07) is 17.0. The summed E-state index contributed by atoms with van der Waals surface area (Å²) in [6.45, 7) is 6.28. The van der Waals surface area contributed by atoms with E-state index in [1.165, 1.54) is 23.7 Å². The third-order valence-electron chi connectivity index (χ3n) is 11.2. The fourth-order valence-corrected chi connectivity index (χ4v) is 8.55. The molecule has 2 saturated heterocycles. The second-order valence-electron chi connectivity index (χ2n) is 14.2. The highest BCUT2D eigenvalue weighted by Crippen LogP contribution is 2.41. The molecule has 2 aliphatic carbocycles. The number of benzene rings is 2. The lowest BCUT2D eigenvalue weighted by Crippen LogP contribution is -2.41. The minimum Gasteiger partial charge on any atom is -0.494 e. The summed E-state index contributed by atoms with van der Waals surface area (Å²) in [5.41, 5.74) is 11.2. The summed E-state index contributed by atoms with van der Waals surface area (Å²) in [5, 5.41) is 1.22. The van der Waals surface area contributed by atoms with E-state index < -0.39 is 0 Å². The normalized spacial score (nSPS) is 23.9. The Hall–Kier alpha value is -4.44. The van der Waals surface area contributed by atoms with E-state index in [9.17, 15) is 4.79 Å². The van der Waals surface area contributed by atoms with E-state index >= 15 is 0 Å². The molecule has 3 aromatic heterocycles. The van der Waals surface area contributed by atoms with Crippen molar-refractivity contribution in [2.45, 2.75) is 64.2 Å². The van der Waals surface area contributed by atoms with E-state index in [0.717, 1.165) is 86.2 Å². The third kappa shape index (κ3) is 4.87. The monoisotopic (exact) mass is 630 g/mol. The van der Waals surface area contributed by atoms with E-state index in [1.54, 1.807) is 7.11 Å². The standard InChI is InChI=1S/C37H42N8O2/c1-22-39-13-11-33(40-22)42-14-12-24(18-42)20-45-35-28(15-27(17-32(35)47-2)37(46)44-21-26-9-10-30(44)34(26)38)41-36(45)31-16-25-5-3-4-6-29(25)43(31)19-23-7-8-23/h3-6,11,13,15-17,23-24,26,30,34H,7-10,12,14,18-21,38H2,1-2H3/t24-,26+,30+,34+/m0/s1. The topological polar surface area (TPSA) is 107 Å². The van der Waals surface area contributed by atoms with Crippen LogP contribution in [0.4, 0.5) is 5.82 Å². The quantitative estimate of drug-likeness (QED) is 0.249. The maximum absolute atomic E-state index is 14.0. The summed E-state index contributed by atoms with van der Waals surface area (Å²) in [4.78, 5) is 32.7. The summed E-state index contributed by atoms with van der Waals surface area (Å²) in [7, 11) is 1.70. The van der Waals surface area contributed by atoms with Crippen molar-refractivity contribution in [3.05, 3.63) is 66.1 Å². The molecule has 0 radical (unpaired) electrons. The molecule has 2 N–H and O–H groups in total. The van der Waals surface area contributed by atoms with Gasteiger partial charge < -0.3 is 29.4 Å². The first-order chi connectivity index (χ1) is 22.9. The zero-order valence-electron chi connectivity index (χ0n) is 27.2. The lowest BCUT2D eigenvalue weighted by molar-refractivity contribution is 0.0700. The molecule has 2 aliphatic heterocycles. The van der Waals surface area contributed by atoms with Crippen molar-refractivity contribution in [1.29, 1.82) is 0 Å². The fraction of sp³-hybridized carbons (Fsp3) is 0.459. The summed E-state index contributed by atoms with van der Waals surface area (Å²) in [6.07, 6.45) is 7.51. The number of nitrogens with zero attached hydrogens (tertiary/aromatic N) is 7. The average Bonchev–Trinajstić information content (AvgIpc) is 3.39. The van der Waals surface area contributed by atoms with Gasteiger partial charge in [0.05, 0.1) is 18.3 Å². The minimum absolute atomic E-state index is 0.0263. The average molecular weight is 631 g/mol. The van der Waals surface area contributed by atoms with Gasteiger partial charge >= 0.3 is 0 Å². The number of fused-ring (bicyclic) bond motifs is 4. The summed E-state index contributed by atoms with van der Waals surface area (Å²) < 4.78 is 10.9. The number of amides is 1. The third-order valence-corrected chi connectivity index (χ3v) is 11.2. The second-order valence-corrected chi connectivity index (χ2v) is 14.2. The lowest BCUT2D eigenvalue weighted by Gasteiger charge is -2.27. The smallest absolute Gasteiger partial charge is 0.254 e. The van der Waals surface area contributed by atoms with Gasteiger partial charge in [0.1, 0.15) is 22.9 Å². The second kappa shape index (κ2) is 11.1. The number of aromatic nitrogens is 5. The molecule has 4 atom stereocenters. The van der Waals surface area contributed by atoms with Crippen LogP contribution in [0.15, 0.2) is 54.7 Å². The molecule has 5 aromatic rings. The van der Waals surface area contributed by atoms with E-state index in [4.69, 9.17) is 20.4 Å². The van der Waals surface area contributed by atoms with Gasteiger partial charge in [0, 0.05) is 67.5 Å². The van der Waals surface area contributed by atoms with Crippen LogP contribution < -0.4 is 15.4 Å². The van der Waals surface area contributed by atoms with E-state index in [2.05, 4.69) is 49.3 Å². The van der Waals surface area contributed by atoms with Crippen LogP contribution in [-0.2, 0) is 13.1 Å². The molecule has 0 unspecified atom stereocenters. The van der Waals surface area contributed by atoms with E-state index in [0.29, 0.717) is 29.1 Å². The Balaban J connectivity index is 1.15. The molecule has 4 fully saturated rings. The molecule has 9 rings (SSSR count). The Kier molecular flexibility index (Phi) is 6.78. The molecule has 2 saturated carbocycles. The maximum atomic E-state index is 14.0. The fourth-order valence-electron chi connectivity index (χ4n) is 8.55. The number of methoxy groups -OCH3 is 1. The SMILES string of the molecule is COc1cc(C(=O)N2C[C@H]3CC[C@@H]2[C@@H]3N)cc2nc(-c3cc4ccccc4n3CC3CC3)n(C[C@H]3CCN(c4ccnc(C)n4)C3)c12. The number of hydrogen-bond acceptors (Lipinski definition) is 7. The van der Waals surface area contributed by atoms with Gasteiger partial charge in [0.2, 0.25) is 0 Å². The summed E-state index contributed by atoms with van der Waals surface area (Å²) >= 11 is 0. The Bertz CT molecular complexity index is 2010. The number of carbonyl (C=O) groups is 1. The van der Waals surface area contributed by atoms with Crippen LogP contribution in [-0.4, -0.2) is 73.7 Å². The van der Waals surface area contributed by atoms with Gasteiger partial charge in [-0.05, 0) is 87.1 Å². The zero-order chi connectivity index (χ0) is 31.8. The van der Waals surface area contributed by atoms with Crippen molar-refractivity contribution < 1.29 is 9.53 Å². The first-order valence-electron chi connectivity index (χ1n) is 17.2. The number of piperidine rings is 1. The number of carbonyl (C=O) groups excluding carboxylic acids is 1. The minimum atomic E-state index is 0.0263. The van der Waals surface area contributed by atoms with Gasteiger partial charge in [0.25, 0.3) is 5.91 Å². The van der Waals surface area contributed by atoms with Crippen LogP contribution in [0, 0.1) is 24.7 Å². The van der Waals surface area contributed by atoms with Gasteiger partial charge in [-0.3, -0.25) is 4.79 Å². The molecule has 4 aliphatic rings. The van der Waals surface area contributed by atoms with Crippen molar-refractivity contribution in [3.8, 4) is 17.3 Å². The Morgan fingerprint density at radius 3 is 2.57 bits per heavy atom. The molecular formula is C37H42N8O2. The van der Waals surface area contributed by atoms with Gasteiger partial charge in [-0.15, -0.1) is 0 Å². The van der Waals surface area contributed by atoms with Crippen molar-refractivity contribution in [3.63, 3.8) is 0 Å². The number of likely N-dealkylation sites (tertiary alicyclic amines) is 1. The molecule has 242 valence electrons. The molecule has 10 nitrogen and oxygen atoms in total. The van der Waals surface area contributed by atoms with Crippen molar-refractivity contribution in [2.24, 2.45) is 23.5 Å². The van der Waals surface area contributed by atoms with Gasteiger partial charge in [-0.25, -0.2) is 15.0 Å². The summed E-state index contributed by atoms with van der Waals surface area (Å²) in [5.74, 6) is 4.89. The highest BCUT2D eigenvalue weighted by Gasteiger charge is 2.47. The number of aryl methyl sites for hydroxylation is 1. The van der Waals surface area contributed by atoms with Crippen LogP contribution in [0.3, 0.4) is 0 Å². The number of hydrogen-bond donors (Lipinski definition) is 1. The van der Waals surface area contributed by atoms with Crippen LogP contribution >= 0.6 is 0 Å². The molecule has 0 spiro atoms. The number of imidazole rings is 1. The van der Waals surface area contributed by atoms with Crippen LogP contribution in [0.1, 0.15) is 48.3 Å². The zero-order valence-corrected chi connectivity index (χ0v) is 27.2.